The van der Waals surface area contributed by atoms with E-state index < -0.39 is 15.6 Å². The van der Waals surface area contributed by atoms with Crippen molar-refractivity contribution in [3.8, 4) is 0 Å². The molecule has 0 atom stereocenters. The highest BCUT2D eigenvalue weighted by Crippen LogP contribution is 2.29. The van der Waals surface area contributed by atoms with Crippen molar-refractivity contribution in [3.05, 3.63) is 64.8 Å². The third-order valence-electron chi connectivity index (χ3n) is 4.61. The van der Waals surface area contributed by atoms with Gasteiger partial charge in [0.2, 0.25) is 16.0 Å². The van der Waals surface area contributed by atoms with Crippen LogP contribution in [0.5, 0.6) is 0 Å². The molecule has 6 bridgehead atoms. The molecule has 1 aromatic heterocycles. The van der Waals surface area contributed by atoms with E-state index in [0.29, 0.717) is 28.9 Å². The van der Waals surface area contributed by atoms with Gasteiger partial charge in [-0.05, 0) is 75.1 Å². The Bertz CT molecular complexity index is 1240. The van der Waals surface area contributed by atoms with Crippen LogP contribution in [0, 0.1) is 0 Å². The normalized spacial score (nSPS) is 13.8. The van der Waals surface area contributed by atoms with Gasteiger partial charge in [-0.2, -0.15) is 4.98 Å². The number of benzene rings is 2. The van der Waals surface area contributed by atoms with Gasteiger partial charge in [-0.1, -0.05) is 23.7 Å². The zero-order valence-corrected chi connectivity index (χ0v) is 19.1. The number of nitrogens with one attached hydrogen (secondary N) is 3. The molecule has 2 aromatic carbocycles. The number of fused-ring (bicyclic) bond motifs is 6. The van der Waals surface area contributed by atoms with E-state index >= 15 is 0 Å². The molecule has 0 radical (unpaired) electrons. The molecule has 0 amide bonds. The molecule has 0 spiro atoms. The largest absolute Gasteiger partial charge is 0.339 e. The lowest BCUT2D eigenvalue weighted by molar-refractivity contribution is 0.491. The van der Waals surface area contributed by atoms with Gasteiger partial charge in [-0.3, -0.25) is 0 Å². The first-order valence-electron chi connectivity index (χ1n) is 9.91. The standard InChI is InChI=1S/C22H24ClN5O2S/c1-22(2,3)28-31(29,30)18-11-15-8-7-14-5-4-6-16(9-14)26-21-24-13-19(23)20(27-21)25-17(10-15)12-18/h4-6,9-13,28H,7-8H2,1-3H3,(H2,24,25,26,27). The molecule has 3 N–H and O–H groups in total. The summed E-state index contributed by atoms with van der Waals surface area (Å²) in [5, 5.41) is 6.68. The van der Waals surface area contributed by atoms with Crippen LogP contribution in [0.4, 0.5) is 23.1 Å². The first-order valence-corrected chi connectivity index (χ1v) is 11.8. The zero-order chi connectivity index (χ0) is 22.2. The van der Waals surface area contributed by atoms with E-state index in [1.54, 1.807) is 12.1 Å². The van der Waals surface area contributed by atoms with Gasteiger partial charge < -0.3 is 10.6 Å². The monoisotopic (exact) mass is 457 g/mol. The van der Waals surface area contributed by atoms with Crippen molar-refractivity contribution in [3.63, 3.8) is 0 Å². The van der Waals surface area contributed by atoms with Crippen LogP contribution in [0.2, 0.25) is 5.02 Å². The third-order valence-corrected chi connectivity index (χ3v) is 6.62. The second-order valence-corrected chi connectivity index (χ2v) is 10.7. The van der Waals surface area contributed by atoms with Crippen molar-refractivity contribution < 1.29 is 8.42 Å². The Balaban J connectivity index is 1.83. The molecule has 31 heavy (non-hydrogen) atoms. The van der Waals surface area contributed by atoms with Crippen LogP contribution in [0.1, 0.15) is 31.9 Å². The highest BCUT2D eigenvalue weighted by atomic mass is 35.5. The van der Waals surface area contributed by atoms with Crippen LogP contribution in [0.3, 0.4) is 0 Å². The van der Waals surface area contributed by atoms with E-state index in [2.05, 4.69) is 25.3 Å². The van der Waals surface area contributed by atoms with Gasteiger partial charge in [-0.25, -0.2) is 18.1 Å². The van der Waals surface area contributed by atoms with Gasteiger partial charge in [0, 0.05) is 16.9 Å². The summed E-state index contributed by atoms with van der Waals surface area (Å²) < 4.78 is 28.7. The first kappa shape index (κ1) is 21.5. The molecule has 1 aliphatic heterocycles. The molecule has 0 saturated carbocycles. The molecule has 162 valence electrons. The maximum Gasteiger partial charge on any atom is 0.241 e. The quantitative estimate of drug-likeness (QED) is 0.512. The second-order valence-electron chi connectivity index (χ2n) is 8.56. The van der Waals surface area contributed by atoms with Gasteiger partial charge in [-0.15, -0.1) is 0 Å². The van der Waals surface area contributed by atoms with Crippen LogP contribution in [0.15, 0.2) is 53.6 Å². The van der Waals surface area contributed by atoms with E-state index in [4.69, 9.17) is 11.6 Å². The number of hydrogen-bond acceptors (Lipinski definition) is 6. The third kappa shape index (κ3) is 5.33. The fourth-order valence-electron chi connectivity index (χ4n) is 3.37. The van der Waals surface area contributed by atoms with Crippen molar-refractivity contribution in [2.75, 3.05) is 10.6 Å². The minimum Gasteiger partial charge on any atom is -0.339 e. The fraction of sp³-hybridized carbons (Fsp3) is 0.273. The number of aromatic nitrogens is 2. The highest BCUT2D eigenvalue weighted by molar-refractivity contribution is 7.89. The molecule has 1 aliphatic rings. The predicted octanol–water partition coefficient (Wildman–Crippen LogP) is 4.79. The van der Waals surface area contributed by atoms with Crippen molar-refractivity contribution >= 4 is 44.8 Å². The number of sulfonamides is 1. The Labute approximate surface area is 187 Å². The Morgan fingerprint density at radius 1 is 1.00 bits per heavy atom. The Kier molecular flexibility index (Phi) is 5.63. The van der Waals surface area contributed by atoms with Crippen molar-refractivity contribution in [2.45, 2.75) is 44.0 Å². The number of aryl methyl sites for hydroxylation is 2. The average Bonchev–Trinajstić information content (AvgIpc) is 2.67. The molecule has 0 saturated heterocycles. The first-order chi connectivity index (χ1) is 14.6. The van der Waals surface area contributed by atoms with Crippen molar-refractivity contribution in [1.29, 1.82) is 0 Å². The molecule has 2 heterocycles. The number of hydrogen-bond donors (Lipinski definition) is 3. The summed E-state index contributed by atoms with van der Waals surface area (Å²) in [6.45, 7) is 5.43. The van der Waals surface area contributed by atoms with Crippen LogP contribution >= 0.6 is 11.6 Å². The molecular weight excluding hydrogens is 434 g/mol. The molecule has 7 nitrogen and oxygen atoms in total. The molecule has 0 unspecified atom stereocenters. The average molecular weight is 458 g/mol. The van der Waals surface area contributed by atoms with Crippen molar-refractivity contribution in [1.82, 2.24) is 14.7 Å². The summed E-state index contributed by atoms with van der Waals surface area (Å²) in [4.78, 5) is 8.89. The lowest BCUT2D eigenvalue weighted by Crippen LogP contribution is -2.40. The summed E-state index contributed by atoms with van der Waals surface area (Å²) in [5.41, 5.74) is 2.87. The summed E-state index contributed by atoms with van der Waals surface area (Å²) in [7, 11) is -3.71. The maximum absolute atomic E-state index is 13.0. The second kappa shape index (κ2) is 8.11. The smallest absolute Gasteiger partial charge is 0.241 e. The molecule has 4 rings (SSSR count). The van der Waals surface area contributed by atoms with Gasteiger partial charge in [0.1, 0.15) is 5.02 Å². The zero-order valence-electron chi connectivity index (χ0n) is 17.5. The number of nitrogens with zero attached hydrogens (tertiary/aromatic N) is 2. The summed E-state index contributed by atoms with van der Waals surface area (Å²) in [5.74, 6) is 0.778. The number of rotatable bonds is 2. The highest BCUT2D eigenvalue weighted by Gasteiger charge is 2.23. The molecule has 0 aliphatic carbocycles. The van der Waals surface area contributed by atoms with E-state index in [9.17, 15) is 8.42 Å². The molecular formula is C22H24ClN5O2S. The lowest BCUT2D eigenvalue weighted by Gasteiger charge is -2.21. The Hall–Kier alpha value is -2.68. The number of halogens is 1. The van der Waals surface area contributed by atoms with Gasteiger partial charge in [0.25, 0.3) is 0 Å². The SMILES string of the molecule is CC(C)(C)NS(=O)(=O)c1cc2cc(c1)Nc1nc(ncc1Cl)Nc1cccc(c1)CC2. The number of anilines is 4. The lowest BCUT2D eigenvalue weighted by atomic mass is 10.0. The predicted molar refractivity (Wildman–Crippen MR) is 124 cm³/mol. The van der Waals surface area contributed by atoms with Crippen molar-refractivity contribution in [2.24, 2.45) is 0 Å². The Morgan fingerprint density at radius 2 is 1.74 bits per heavy atom. The van der Waals surface area contributed by atoms with E-state index in [1.165, 1.54) is 6.20 Å². The minimum absolute atomic E-state index is 0.189. The molecule has 9 heteroatoms. The molecule has 3 aromatic rings. The molecule has 0 fully saturated rings. The van der Waals surface area contributed by atoms with Crippen LogP contribution in [-0.4, -0.2) is 23.9 Å². The Morgan fingerprint density at radius 3 is 2.52 bits per heavy atom. The van der Waals surface area contributed by atoms with E-state index in [1.807, 2.05) is 51.1 Å². The van der Waals surface area contributed by atoms with Gasteiger partial charge in [0.05, 0.1) is 11.1 Å². The van der Waals surface area contributed by atoms with Crippen LogP contribution < -0.4 is 15.4 Å². The van der Waals surface area contributed by atoms with Crippen LogP contribution in [0.25, 0.3) is 0 Å². The minimum atomic E-state index is -3.71. The maximum atomic E-state index is 13.0. The fourth-order valence-corrected chi connectivity index (χ4v) is 5.02. The van der Waals surface area contributed by atoms with E-state index in [-0.39, 0.29) is 4.90 Å². The summed E-state index contributed by atoms with van der Waals surface area (Å²) in [6, 6.07) is 13.2. The van der Waals surface area contributed by atoms with Gasteiger partial charge >= 0.3 is 0 Å². The summed E-state index contributed by atoms with van der Waals surface area (Å²) in [6.07, 6.45) is 2.93. The van der Waals surface area contributed by atoms with Crippen LogP contribution in [-0.2, 0) is 22.9 Å². The van der Waals surface area contributed by atoms with Gasteiger partial charge in [0.15, 0.2) is 5.82 Å². The van der Waals surface area contributed by atoms with E-state index in [0.717, 1.165) is 23.2 Å². The summed E-state index contributed by atoms with van der Waals surface area (Å²) >= 11 is 6.30. The topological polar surface area (TPSA) is 96.0 Å².